The SMILES string of the molecule is CC(=O)N1Cc2cc(C)ccc2OC2(CCN(CC(=O)N3CCCCCC3)CC2)C1. The molecular formula is C24H35N3O3. The van der Waals surface area contributed by atoms with E-state index in [2.05, 4.69) is 28.9 Å². The number of amides is 2. The number of likely N-dealkylation sites (tertiary alicyclic amines) is 2. The third kappa shape index (κ3) is 4.80. The van der Waals surface area contributed by atoms with Gasteiger partial charge in [-0.2, -0.15) is 0 Å². The van der Waals surface area contributed by atoms with E-state index in [0.717, 1.165) is 63.2 Å². The van der Waals surface area contributed by atoms with Crippen molar-refractivity contribution in [2.45, 2.75) is 64.5 Å². The number of piperidine rings is 1. The van der Waals surface area contributed by atoms with Crippen LogP contribution in [0.5, 0.6) is 5.75 Å². The molecule has 4 rings (SSSR count). The highest BCUT2D eigenvalue weighted by Gasteiger charge is 2.41. The van der Waals surface area contributed by atoms with E-state index in [9.17, 15) is 9.59 Å². The first kappa shape index (κ1) is 21.2. The van der Waals surface area contributed by atoms with E-state index in [0.29, 0.717) is 19.6 Å². The summed E-state index contributed by atoms with van der Waals surface area (Å²) in [6, 6.07) is 6.25. The number of ether oxygens (including phenoxy) is 1. The predicted molar refractivity (Wildman–Crippen MR) is 116 cm³/mol. The van der Waals surface area contributed by atoms with Gasteiger partial charge < -0.3 is 14.5 Å². The topological polar surface area (TPSA) is 53.1 Å². The Bertz CT molecular complexity index is 778. The summed E-state index contributed by atoms with van der Waals surface area (Å²) in [5.41, 5.74) is 1.90. The summed E-state index contributed by atoms with van der Waals surface area (Å²) in [6.45, 7) is 8.89. The number of hydrogen-bond donors (Lipinski definition) is 0. The van der Waals surface area contributed by atoms with Crippen LogP contribution in [0.3, 0.4) is 0 Å². The molecule has 6 nitrogen and oxygen atoms in total. The molecule has 1 spiro atoms. The first-order valence-corrected chi connectivity index (χ1v) is 11.5. The van der Waals surface area contributed by atoms with Crippen molar-refractivity contribution in [3.8, 4) is 5.75 Å². The van der Waals surface area contributed by atoms with Crippen LogP contribution in [0.25, 0.3) is 0 Å². The molecule has 0 saturated carbocycles. The minimum absolute atomic E-state index is 0.0890. The van der Waals surface area contributed by atoms with Crippen LogP contribution in [0, 0.1) is 6.92 Å². The van der Waals surface area contributed by atoms with Crippen LogP contribution >= 0.6 is 0 Å². The van der Waals surface area contributed by atoms with Gasteiger partial charge in [-0.3, -0.25) is 14.5 Å². The molecule has 1 aromatic rings. The first-order chi connectivity index (χ1) is 14.4. The molecule has 6 heteroatoms. The van der Waals surface area contributed by atoms with Gasteiger partial charge >= 0.3 is 0 Å². The summed E-state index contributed by atoms with van der Waals surface area (Å²) in [7, 11) is 0. The molecule has 0 atom stereocenters. The van der Waals surface area contributed by atoms with Gasteiger partial charge in [0.25, 0.3) is 0 Å². The Morgan fingerprint density at radius 3 is 2.37 bits per heavy atom. The zero-order chi connectivity index (χ0) is 21.1. The quantitative estimate of drug-likeness (QED) is 0.748. The van der Waals surface area contributed by atoms with Gasteiger partial charge in [0.05, 0.1) is 13.1 Å². The number of nitrogens with zero attached hydrogens (tertiary/aromatic N) is 3. The second-order valence-electron chi connectivity index (χ2n) is 9.34. The van der Waals surface area contributed by atoms with Crippen molar-refractivity contribution in [2.24, 2.45) is 0 Å². The molecule has 3 aliphatic heterocycles. The van der Waals surface area contributed by atoms with Gasteiger partial charge in [0.1, 0.15) is 11.4 Å². The second kappa shape index (κ2) is 8.96. The van der Waals surface area contributed by atoms with Crippen molar-refractivity contribution in [1.82, 2.24) is 14.7 Å². The van der Waals surface area contributed by atoms with Crippen molar-refractivity contribution in [3.63, 3.8) is 0 Å². The maximum absolute atomic E-state index is 12.8. The summed E-state index contributed by atoms with van der Waals surface area (Å²) in [5, 5.41) is 0. The van der Waals surface area contributed by atoms with E-state index in [1.807, 2.05) is 11.0 Å². The zero-order valence-corrected chi connectivity index (χ0v) is 18.5. The minimum Gasteiger partial charge on any atom is -0.485 e. The van der Waals surface area contributed by atoms with Crippen molar-refractivity contribution >= 4 is 11.8 Å². The number of rotatable bonds is 2. The standard InChI is InChI=1S/C24H35N3O3/c1-19-7-8-22-21(15-19)16-27(20(2)28)18-24(30-22)9-13-25(14-10-24)17-23(29)26-11-5-3-4-6-12-26/h7-8,15H,3-6,9-14,16-18H2,1-2H3. The van der Waals surface area contributed by atoms with Gasteiger partial charge in [0, 0.05) is 58.1 Å². The van der Waals surface area contributed by atoms with Gasteiger partial charge in [-0.1, -0.05) is 30.5 Å². The molecule has 0 N–H and O–H groups in total. The Labute approximate surface area is 180 Å². The van der Waals surface area contributed by atoms with Crippen molar-refractivity contribution in [3.05, 3.63) is 29.3 Å². The van der Waals surface area contributed by atoms with Gasteiger partial charge in [0.2, 0.25) is 11.8 Å². The molecule has 3 heterocycles. The van der Waals surface area contributed by atoms with Crippen molar-refractivity contribution in [1.29, 1.82) is 0 Å². The molecule has 0 radical (unpaired) electrons. The normalized spacial score (nSPS) is 22.1. The highest BCUT2D eigenvalue weighted by atomic mass is 16.5. The molecule has 1 aromatic carbocycles. The predicted octanol–water partition coefficient (Wildman–Crippen LogP) is 2.97. The van der Waals surface area contributed by atoms with Gasteiger partial charge in [0.15, 0.2) is 0 Å². The van der Waals surface area contributed by atoms with Gasteiger partial charge in [-0.15, -0.1) is 0 Å². The largest absolute Gasteiger partial charge is 0.485 e. The molecule has 30 heavy (non-hydrogen) atoms. The number of carbonyl (C=O) groups excluding carboxylic acids is 2. The second-order valence-corrected chi connectivity index (χ2v) is 9.34. The lowest BCUT2D eigenvalue weighted by Gasteiger charge is -2.42. The Morgan fingerprint density at radius 2 is 1.70 bits per heavy atom. The van der Waals surface area contributed by atoms with Crippen LogP contribution in [-0.2, 0) is 16.1 Å². The molecule has 3 aliphatic rings. The monoisotopic (exact) mass is 413 g/mol. The van der Waals surface area contributed by atoms with E-state index in [-0.39, 0.29) is 17.4 Å². The molecule has 0 aromatic heterocycles. The number of aryl methyl sites for hydroxylation is 1. The van der Waals surface area contributed by atoms with Gasteiger partial charge in [-0.25, -0.2) is 0 Å². The molecule has 0 unspecified atom stereocenters. The minimum atomic E-state index is -0.367. The number of hydrogen-bond acceptors (Lipinski definition) is 4. The van der Waals surface area contributed by atoms with E-state index in [1.165, 1.54) is 18.4 Å². The number of benzene rings is 1. The lowest BCUT2D eigenvalue weighted by molar-refractivity contribution is -0.134. The molecular weight excluding hydrogens is 378 g/mol. The summed E-state index contributed by atoms with van der Waals surface area (Å²) in [5.74, 6) is 1.25. The fraction of sp³-hybridized carbons (Fsp3) is 0.667. The van der Waals surface area contributed by atoms with Crippen LogP contribution < -0.4 is 4.74 Å². The highest BCUT2D eigenvalue weighted by molar-refractivity contribution is 5.78. The Hall–Kier alpha value is -2.08. The smallest absolute Gasteiger partial charge is 0.236 e. The highest BCUT2D eigenvalue weighted by Crippen LogP contribution is 2.36. The van der Waals surface area contributed by atoms with Crippen LogP contribution in [0.4, 0.5) is 0 Å². The fourth-order valence-corrected chi connectivity index (χ4v) is 5.02. The molecule has 2 fully saturated rings. The van der Waals surface area contributed by atoms with Crippen LogP contribution in [0.2, 0.25) is 0 Å². The Morgan fingerprint density at radius 1 is 1.00 bits per heavy atom. The molecule has 2 amide bonds. The maximum atomic E-state index is 12.8. The molecule has 2 saturated heterocycles. The summed E-state index contributed by atoms with van der Waals surface area (Å²) < 4.78 is 6.59. The van der Waals surface area contributed by atoms with Crippen LogP contribution in [-0.4, -0.2) is 71.4 Å². The van der Waals surface area contributed by atoms with Crippen LogP contribution in [0.15, 0.2) is 18.2 Å². The Balaban J connectivity index is 1.42. The van der Waals surface area contributed by atoms with E-state index >= 15 is 0 Å². The van der Waals surface area contributed by atoms with Crippen molar-refractivity contribution in [2.75, 3.05) is 39.3 Å². The average Bonchev–Trinajstić information content (AvgIpc) is 3.08. The molecule has 0 aliphatic carbocycles. The van der Waals surface area contributed by atoms with Crippen molar-refractivity contribution < 1.29 is 14.3 Å². The molecule has 164 valence electrons. The summed E-state index contributed by atoms with van der Waals surface area (Å²) >= 11 is 0. The maximum Gasteiger partial charge on any atom is 0.236 e. The first-order valence-electron chi connectivity index (χ1n) is 11.5. The lowest BCUT2D eigenvalue weighted by atomic mass is 9.90. The third-order valence-electron chi connectivity index (χ3n) is 6.91. The summed E-state index contributed by atoms with van der Waals surface area (Å²) in [6.07, 6.45) is 6.39. The van der Waals surface area contributed by atoms with E-state index < -0.39 is 0 Å². The van der Waals surface area contributed by atoms with Gasteiger partial charge in [-0.05, 0) is 25.8 Å². The fourth-order valence-electron chi connectivity index (χ4n) is 5.02. The third-order valence-corrected chi connectivity index (χ3v) is 6.91. The van der Waals surface area contributed by atoms with Crippen LogP contribution in [0.1, 0.15) is 56.6 Å². The lowest BCUT2D eigenvalue weighted by Crippen LogP contribution is -2.55. The molecule has 0 bridgehead atoms. The van der Waals surface area contributed by atoms with E-state index in [4.69, 9.17) is 4.74 Å². The summed E-state index contributed by atoms with van der Waals surface area (Å²) in [4.78, 5) is 31.3. The number of fused-ring (bicyclic) bond motifs is 1. The zero-order valence-electron chi connectivity index (χ0n) is 18.5. The van der Waals surface area contributed by atoms with E-state index in [1.54, 1.807) is 6.92 Å². The average molecular weight is 414 g/mol. The number of carbonyl (C=O) groups is 2. The Kier molecular flexibility index (Phi) is 6.32.